The fourth-order valence-electron chi connectivity index (χ4n) is 4.59. The number of halogens is 2. The van der Waals surface area contributed by atoms with Gasteiger partial charge in [0.05, 0.1) is 5.92 Å². The van der Waals surface area contributed by atoms with E-state index in [1.807, 2.05) is 0 Å². The van der Waals surface area contributed by atoms with Crippen LogP contribution in [-0.4, -0.2) is 54.8 Å². The van der Waals surface area contributed by atoms with Gasteiger partial charge in [0.25, 0.3) is 0 Å². The van der Waals surface area contributed by atoms with E-state index in [2.05, 4.69) is 48.8 Å². The summed E-state index contributed by atoms with van der Waals surface area (Å²) in [5.74, 6) is 0.0698. The first-order valence-corrected chi connectivity index (χ1v) is 12.4. The number of aromatic nitrogens is 2. The Labute approximate surface area is 202 Å². The van der Waals surface area contributed by atoms with E-state index in [1.54, 1.807) is 18.5 Å². The second-order valence-corrected chi connectivity index (χ2v) is 9.67. The summed E-state index contributed by atoms with van der Waals surface area (Å²) in [5.41, 5.74) is 2.68. The van der Waals surface area contributed by atoms with Crippen LogP contribution in [0.5, 0.6) is 0 Å². The number of anilines is 1. The number of nitrogens with one attached hydrogen (secondary N) is 3. The van der Waals surface area contributed by atoms with Crippen LogP contribution in [0.2, 0.25) is 0 Å². The summed E-state index contributed by atoms with van der Waals surface area (Å²) in [5, 5.41) is 9.75. The lowest BCUT2D eigenvalue weighted by molar-refractivity contribution is -0.122. The molecule has 2 aromatic rings. The second kappa shape index (κ2) is 11.4. The summed E-state index contributed by atoms with van der Waals surface area (Å²) in [6.45, 7) is 4.92. The zero-order chi connectivity index (χ0) is 23.2. The topological polar surface area (TPSA) is 88.2 Å². The van der Waals surface area contributed by atoms with Gasteiger partial charge in [0.15, 0.2) is 0 Å². The van der Waals surface area contributed by atoms with Crippen molar-refractivity contribution >= 4 is 27.7 Å². The van der Waals surface area contributed by atoms with Gasteiger partial charge in [-0.15, -0.1) is 0 Å². The SMILES string of the molecule is CC1CCc2ncnc(NCCNC(=O)C(CNC3CCOCC3)c3ccc(Br)cc3F)c21. The van der Waals surface area contributed by atoms with Crippen molar-refractivity contribution in [3.05, 3.63) is 51.6 Å². The first-order valence-electron chi connectivity index (χ1n) is 11.6. The number of amides is 1. The Morgan fingerprint density at radius 1 is 1.24 bits per heavy atom. The van der Waals surface area contributed by atoms with Gasteiger partial charge >= 0.3 is 0 Å². The molecule has 0 spiro atoms. The lowest BCUT2D eigenvalue weighted by atomic mass is 9.96. The summed E-state index contributed by atoms with van der Waals surface area (Å²) in [6.07, 6.45) is 5.43. The Kier molecular flexibility index (Phi) is 8.27. The zero-order valence-corrected chi connectivity index (χ0v) is 20.5. The lowest BCUT2D eigenvalue weighted by Crippen LogP contribution is -2.42. The van der Waals surface area contributed by atoms with Gasteiger partial charge in [-0.25, -0.2) is 14.4 Å². The highest BCUT2D eigenvalue weighted by molar-refractivity contribution is 9.10. The standard InChI is InChI=1S/C24H31BrFN5O2/c1-15-2-5-21-22(15)23(31-14-30-21)27-8-9-28-24(32)19(13-29-17-6-10-33-11-7-17)18-4-3-16(25)12-20(18)26/h3-4,12,14-15,17,19,29H,2,5-11,13H2,1H3,(H,28,32)(H,27,30,31). The maximum atomic E-state index is 14.7. The number of carbonyl (C=O) groups excluding carboxylic acids is 1. The minimum Gasteiger partial charge on any atom is -0.381 e. The van der Waals surface area contributed by atoms with Crippen molar-refractivity contribution in [3.63, 3.8) is 0 Å². The van der Waals surface area contributed by atoms with Crippen molar-refractivity contribution in [2.24, 2.45) is 0 Å². The van der Waals surface area contributed by atoms with Gasteiger partial charge in [-0.3, -0.25) is 4.79 Å². The molecular formula is C24H31BrFN5O2. The van der Waals surface area contributed by atoms with Gasteiger partial charge in [-0.2, -0.15) is 0 Å². The van der Waals surface area contributed by atoms with Crippen molar-refractivity contribution in [2.45, 2.75) is 50.5 Å². The van der Waals surface area contributed by atoms with Crippen LogP contribution in [0.4, 0.5) is 10.2 Å². The van der Waals surface area contributed by atoms with E-state index in [1.165, 1.54) is 11.6 Å². The Bertz CT molecular complexity index is 970. The molecule has 2 heterocycles. The summed E-state index contributed by atoms with van der Waals surface area (Å²) < 4.78 is 20.8. The fourth-order valence-corrected chi connectivity index (χ4v) is 4.92. The average Bonchev–Trinajstić information content (AvgIpc) is 3.20. The summed E-state index contributed by atoms with van der Waals surface area (Å²) in [7, 11) is 0. The van der Waals surface area contributed by atoms with Gasteiger partial charge in [-0.1, -0.05) is 28.9 Å². The summed E-state index contributed by atoms with van der Waals surface area (Å²) in [6, 6.07) is 5.13. The molecule has 178 valence electrons. The van der Waals surface area contributed by atoms with E-state index >= 15 is 0 Å². The molecule has 0 bridgehead atoms. The fraction of sp³-hybridized carbons (Fsp3) is 0.542. The number of rotatable bonds is 9. The van der Waals surface area contributed by atoms with Crippen molar-refractivity contribution in [3.8, 4) is 0 Å². The third kappa shape index (κ3) is 6.07. The van der Waals surface area contributed by atoms with E-state index < -0.39 is 5.92 Å². The van der Waals surface area contributed by atoms with Crippen molar-refractivity contribution in [2.75, 3.05) is 38.2 Å². The highest BCUT2D eigenvalue weighted by atomic mass is 79.9. The minimum absolute atomic E-state index is 0.195. The lowest BCUT2D eigenvalue weighted by Gasteiger charge is -2.26. The Morgan fingerprint density at radius 2 is 2.06 bits per heavy atom. The zero-order valence-electron chi connectivity index (χ0n) is 18.9. The molecule has 9 heteroatoms. The van der Waals surface area contributed by atoms with Crippen LogP contribution < -0.4 is 16.0 Å². The molecule has 1 saturated heterocycles. The first-order chi connectivity index (χ1) is 16.0. The van der Waals surface area contributed by atoms with E-state index in [-0.39, 0.29) is 17.8 Å². The van der Waals surface area contributed by atoms with Crippen LogP contribution in [0, 0.1) is 5.82 Å². The number of hydrogen-bond acceptors (Lipinski definition) is 6. The van der Waals surface area contributed by atoms with Gasteiger partial charge in [0.2, 0.25) is 5.91 Å². The number of hydrogen-bond donors (Lipinski definition) is 3. The molecule has 0 radical (unpaired) electrons. The molecule has 3 N–H and O–H groups in total. The van der Waals surface area contributed by atoms with Crippen molar-refractivity contribution in [1.29, 1.82) is 0 Å². The van der Waals surface area contributed by atoms with E-state index in [0.29, 0.717) is 48.8 Å². The van der Waals surface area contributed by atoms with Crippen LogP contribution in [-0.2, 0) is 16.0 Å². The molecule has 2 atom stereocenters. The molecule has 33 heavy (non-hydrogen) atoms. The molecule has 1 aromatic carbocycles. The molecular weight excluding hydrogens is 489 g/mol. The van der Waals surface area contributed by atoms with E-state index in [9.17, 15) is 9.18 Å². The molecule has 4 rings (SSSR count). The molecule has 1 fully saturated rings. The van der Waals surface area contributed by atoms with Gasteiger partial charge < -0.3 is 20.7 Å². The molecule has 1 aromatic heterocycles. The van der Waals surface area contributed by atoms with Crippen molar-refractivity contribution < 1.29 is 13.9 Å². The number of benzene rings is 1. The molecule has 1 aliphatic carbocycles. The monoisotopic (exact) mass is 519 g/mol. The molecule has 0 saturated carbocycles. The van der Waals surface area contributed by atoms with E-state index in [4.69, 9.17) is 4.74 Å². The number of carbonyl (C=O) groups is 1. The van der Waals surface area contributed by atoms with Crippen molar-refractivity contribution in [1.82, 2.24) is 20.6 Å². The maximum Gasteiger partial charge on any atom is 0.229 e. The maximum absolute atomic E-state index is 14.7. The molecule has 1 amide bonds. The largest absolute Gasteiger partial charge is 0.381 e. The van der Waals surface area contributed by atoms with Crippen LogP contribution in [0.15, 0.2) is 29.0 Å². The quantitative estimate of drug-likeness (QED) is 0.439. The highest BCUT2D eigenvalue weighted by Gasteiger charge is 2.26. The molecule has 7 nitrogen and oxygen atoms in total. The molecule has 1 aliphatic heterocycles. The Hall–Kier alpha value is -2.10. The van der Waals surface area contributed by atoms with Crippen LogP contribution in [0.25, 0.3) is 0 Å². The number of fused-ring (bicyclic) bond motifs is 1. The van der Waals surface area contributed by atoms with Crippen LogP contribution in [0.3, 0.4) is 0 Å². The van der Waals surface area contributed by atoms with Gasteiger partial charge in [0.1, 0.15) is 18.0 Å². The van der Waals surface area contributed by atoms with E-state index in [0.717, 1.165) is 37.2 Å². The predicted molar refractivity (Wildman–Crippen MR) is 129 cm³/mol. The number of aryl methyl sites for hydroxylation is 1. The van der Waals surface area contributed by atoms with Crippen LogP contribution in [0.1, 0.15) is 54.8 Å². The third-order valence-electron chi connectivity index (χ3n) is 6.48. The van der Waals surface area contributed by atoms with Crippen LogP contribution >= 0.6 is 15.9 Å². The Balaban J connectivity index is 1.36. The Morgan fingerprint density at radius 3 is 2.85 bits per heavy atom. The minimum atomic E-state index is -0.621. The number of nitrogens with zero attached hydrogens (tertiary/aromatic N) is 2. The first kappa shape index (κ1) is 24.0. The molecule has 2 aliphatic rings. The number of ether oxygens (including phenoxy) is 1. The predicted octanol–water partition coefficient (Wildman–Crippen LogP) is 3.51. The highest BCUT2D eigenvalue weighted by Crippen LogP contribution is 2.35. The smallest absolute Gasteiger partial charge is 0.229 e. The van der Waals surface area contributed by atoms with Gasteiger partial charge in [-0.05, 0) is 43.7 Å². The third-order valence-corrected chi connectivity index (χ3v) is 6.97. The average molecular weight is 520 g/mol. The summed E-state index contributed by atoms with van der Waals surface area (Å²) in [4.78, 5) is 21.9. The van der Waals surface area contributed by atoms with Gasteiger partial charge in [0, 0.05) is 60.2 Å². The molecule has 2 unspecified atom stereocenters. The summed E-state index contributed by atoms with van der Waals surface area (Å²) >= 11 is 3.29. The second-order valence-electron chi connectivity index (χ2n) is 8.75. The normalized spacial score (nSPS) is 19.2.